The summed E-state index contributed by atoms with van der Waals surface area (Å²) < 4.78 is 0. The molecular formula is C21H25N3O2. The van der Waals surface area contributed by atoms with Crippen LogP contribution in [0.5, 0.6) is 0 Å². The second kappa shape index (κ2) is 8.15. The molecule has 1 aliphatic rings. The lowest BCUT2D eigenvalue weighted by atomic mass is 10.1. The average molecular weight is 351 g/mol. The van der Waals surface area contributed by atoms with E-state index in [1.54, 1.807) is 0 Å². The highest BCUT2D eigenvalue weighted by Gasteiger charge is 2.28. The van der Waals surface area contributed by atoms with Gasteiger partial charge in [-0.1, -0.05) is 36.4 Å². The topological polar surface area (TPSA) is 52.7 Å². The van der Waals surface area contributed by atoms with Gasteiger partial charge in [0.05, 0.1) is 6.04 Å². The molecule has 0 aliphatic carbocycles. The Bertz CT molecular complexity index is 768. The maximum Gasteiger partial charge on any atom is 0.253 e. The van der Waals surface area contributed by atoms with Crippen molar-refractivity contribution >= 4 is 17.5 Å². The van der Waals surface area contributed by atoms with Gasteiger partial charge in [-0.05, 0) is 37.6 Å². The summed E-state index contributed by atoms with van der Waals surface area (Å²) >= 11 is 0. The van der Waals surface area contributed by atoms with Crippen molar-refractivity contribution < 1.29 is 9.59 Å². The number of hydrogen-bond acceptors (Lipinski definition) is 3. The van der Waals surface area contributed by atoms with Crippen LogP contribution >= 0.6 is 0 Å². The number of benzene rings is 2. The van der Waals surface area contributed by atoms with Crippen molar-refractivity contribution in [1.29, 1.82) is 0 Å². The van der Waals surface area contributed by atoms with Gasteiger partial charge in [0.1, 0.15) is 0 Å². The fourth-order valence-corrected chi connectivity index (χ4v) is 3.19. The molecular weight excluding hydrogens is 326 g/mol. The first-order valence-electron chi connectivity index (χ1n) is 9.01. The third-order valence-corrected chi connectivity index (χ3v) is 4.95. The van der Waals surface area contributed by atoms with Gasteiger partial charge < -0.3 is 10.2 Å². The summed E-state index contributed by atoms with van der Waals surface area (Å²) in [4.78, 5) is 29.1. The van der Waals surface area contributed by atoms with Gasteiger partial charge in [-0.2, -0.15) is 0 Å². The van der Waals surface area contributed by atoms with E-state index in [1.807, 2.05) is 73.3 Å². The molecule has 5 nitrogen and oxygen atoms in total. The predicted molar refractivity (Wildman–Crippen MR) is 103 cm³/mol. The number of aryl methyl sites for hydroxylation is 1. The van der Waals surface area contributed by atoms with Crippen molar-refractivity contribution in [2.75, 3.05) is 31.5 Å². The summed E-state index contributed by atoms with van der Waals surface area (Å²) in [5.74, 6) is 0.0457. The largest absolute Gasteiger partial charge is 0.336 e. The summed E-state index contributed by atoms with van der Waals surface area (Å²) in [7, 11) is 0. The molecule has 0 aromatic heterocycles. The minimum atomic E-state index is -0.233. The summed E-state index contributed by atoms with van der Waals surface area (Å²) in [5.41, 5.74) is 2.61. The van der Waals surface area contributed by atoms with Crippen molar-refractivity contribution in [2.45, 2.75) is 19.9 Å². The van der Waals surface area contributed by atoms with Crippen LogP contribution in [-0.4, -0.2) is 53.8 Å². The predicted octanol–water partition coefficient (Wildman–Crippen LogP) is 2.78. The lowest BCUT2D eigenvalue weighted by Gasteiger charge is -2.37. The number of para-hydroxylation sites is 1. The smallest absolute Gasteiger partial charge is 0.253 e. The Kier molecular flexibility index (Phi) is 5.68. The number of hydrogen-bond donors (Lipinski definition) is 1. The minimum Gasteiger partial charge on any atom is -0.336 e. The maximum absolute atomic E-state index is 12.6. The standard InChI is InChI=1S/C21H25N3O2/c1-16-8-6-7-11-19(16)22-20(25)17(2)23-12-14-24(15-13-23)21(26)18-9-4-3-5-10-18/h3-11,17H,12-15H2,1-2H3,(H,22,25). The number of anilines is 1. The number of nitrogens with zero attached hydrogens (tertiary/aromatic N) is 2. The Morgan fingerprint density at radius 2 is 1.54 bits per heavy atom. The van der Waals surface area contributed by atoms with E-state index in [9.17, 15) is 9.59 Å². The summed E-state index contributed by atoms with van der Waals surface area (Å²) in [6.45, 7) is 6.56. The monoisotopic (exact) mass is 351 g/mol. The maximum atomic E-state index is 12.6. The van der Waals surface area contributed by atoms with Gasteiger partial charge in [0, 0.05) is 37.4 Å². The molecule has 3 rings (SSSR count). The van der Waals surface area contributed by atoms with Gasteiger partial charge in [0.2, 0.25) is 5.91 Å². The van der Waals surface area contributed by atoms with Gasteiger partial charge in [-0.25, -0.2) is 0 Å². The molecule has 1 heterocycles. The van der Waals surface area contributed by atoms with E-state index in [2.05, 4.69) is 10.2 Å². The molecule has 0 radical (unpaired) electrons. The fourth-order valence-electron chi connectivity index (χ4n) is 3.19. The molecule has 2 aromatic carbocycles. The quantitative estimate of drug-likeness (QED) is 0.922. The zero-order chi connectivity index (χ0) is 18.5. The first-order valence-corrected chi connectivity index (χ1v) is 9.01. The van der Waals surface area contributed by atoms with Crippen molar-refractivity contribution in [2.24, 2.45) is 0 Å². The molecule has 136 valence electrons. The van der Waals surface area contributed by atoms with Crippen LogP contribution in [0.3, 0.4) is 0 Å². The van der Waals surface area contributed by atoms with E-state index in [4.69, 9.17) is 0 Å². The van der Waals surface area contributed by atoms with Crippen LogP contribution in [0.4, 0.5) is 5.69 Å². The van der Waals surface area contributed by atoms with Crippen molar-refractivity contribution in [3.63, 3.8) is 0 Å². The highest BCUT2D eigenvalue weighted by atomic mass is 16.2. The molecule has 26 heavy (non-hydrogen) atoms. The zero-order valence-corrected chi connectivity index (χ0v) is 15.3. The van der Waals surface area contributed by atoms with Crippen molar-refractivity contribution in [3.8, 4) is 0 Å². The Hall–Kier alpha value is -2.66. The Morgan fingerprint density at radius 3 is 2.19 bits per heavy atom. The third-order valence-electron chi connectivity index (χ3n) is 4.95. The van der Waals surface area contributed by atoms with E-state index >= 15 is 0 Å². The molecule has 1 fully saturated rings. The van der Waals surface area contributed by atoms with Crippen LogP contribution < -0.4 is 5.32 Å². The van der Waals surface area contributed by atoms with Crippen molar-refractivity contribution in [1.82, 2.24) is 9.80 Å². The van der Waals surface area contributed by atoms with Crippen LogP contribution in [0.15, 0.2) is 54.6 Å². The van der Waals surface area contributed by atoms with Gasteiger partial charge >= 0.3 is 0 Å². The Labute approximate surface area is 154 Å². The molecule has 2 amide bonds. The third kappa shape index (κ3) is 4.11. The van der Waals surface area contributed by atoms with Crippen LogP contribution in [0, 0.1) is 6.92 Å². The normalized spacial score (nSPS) is 16.2. The van der Waals surface area contributed by atoms with Gasteiger partial charge in [0.25, 0.3) is 5.91 Å². The average Bonchev–Trinajstić information content (AvgIpc) is 2.69. The summed E-state index contributed by atoms with van der Waals surface area (Å²) in [6, 6.07) is 16.9. The highest BCUT2D eigenvalue weighted by Crippen LogP contribution is 2.16. The van der Waals surface area contributed by atoms with E-state index in [0.29, 0.717) is 31.7 Å². The minimum absolute atomic E-state index is 0.0119. The summed E-state index contributed by atoms with van der Waals surface area (Å²) in [5, 5.41) is 3.01. The highest BCUT2D eigenvalue weighted by molar-refractivity contribution is 5.95. The number of rotatable bonds is 4. The zero-order valence-electron chi connectivity index (χ0n) is 15.3. The number of amides is 2. The second-order valence-electron chi connectivity index (χ2n) is 6.67. The van der Waals surface area contributed by atoms with Crippen LogP contribution in [-0.2, 0) is 4.79 Å². The Balaban J connectivity index is 1.55. The second-order valence-corrected chi connectivity index (χ2v) is 6.67. The molecule has 0 spiro atoms. The van der Waals surface area contributed by atoms with Crippen LogP contribution in [0.25, 0.3) is 0 Å². The molecule has 0 bridgehead atoms. The molecule has 1 saturated heterocycles. The molecule has 1 atom stereocenters. The number of carbonyl (C=O) groups is 2. The molecule has 0 saturated carbocycles. The molecule has 2 aromatic rings. The molecule has 1 aliphatic heterocycles. The van der Waals surface area contributed by atoms with E-state index in [1.165, 1.54) is 0 Å². The number of carbonyl (C=O) groups excluding carboxylic acids is 2. The van der Waals surface area contributed by atoms with Gasteiger partial charge in [-0.3, -0.25) is 14.5 Å². The van der Waals surface area contributed by atoms with E-state index in [-0.39, 0.29) is 17.9 Å². The number of nitrogens with one attached hydrogen (secondary N) is 1. The SMILES string of the molecule is Cc1ccccc1NC(=O)C(C)N1CCN(C(=O)c2ccccc2)CC1. The summed E-state index contributed by atoms with van der Waals surface area (Å²) in [6.07, 6.45) is 0. The molecule has 1 unspecified atom stereocenters. The Morgan fingerprint density at radius 1 is 0.923 bits per heavy atom. The van der Waals surface area contributed by atoms with Gasteiger partial charge in [-0.15, -0.1) is 0 Å². The first-order chi connectivity index (χ1) is 12.6. The lowest BCUT2D eigenvalue weighted by Crippen LogP contribution is -2.54. The van der Waals surface area contributed by atoms with Crippen LogP contribution in [0.2, 0.25) is 0 Å². The molecule has 5 heteroatoms. The van der Waals surface area contributed by atoms with E-state index < -0.39 is 0 Å². The first kappa shape index (κ1) is 18.1. The number of piperazine rings is 1. The molecule has 1 N–H and O–H groups in total. The van der Waals surface area contributed by atoms with Crippen molar-refractivity contribution in [3.05, 3.63) is 65.7 Å². The fraction of sp³-hybridized carbons (Fsp3) is 0.333. The van der Waals surface area contributed by atoms with E-state index in [0.717, 1.165) is 11.3 Å². The lowest BCUT2D eigenvalue weighted by molar-refractivity contribution is -0.121. The van der Waals surface area contributed by atoms with Gasteiger partial charge in [0.15, 0.2) is 0 Å². The van der Waals surface area contributed by atoms with Crippen LogP contribution in [0.1, 0.15) is 22.8 Å².